The Bertz CT molecular complexity index is 343. The molecular formula is C12H19N3O. The van der Waals surface area contributed by atoms with Crippen LogP contribution in [0.4, 0.5) is 5.82 Å². The van der Waals surface area contributed by atoms with Gasteiger partial charge in [-0.15, -0.1) is 0 Å². The number of aliphatic hydroxyl groups is 1. The highest BCUT2D eigenvalue weighted by atomic mass is 16.3. The highest BCUT2D eigenvalue weighted by Crippen LogP contribution is 2.21. The van der Waals surface area contributed by atoms with Crippen LogP contribution < -0.4 is 5.32 Å². The number of pyridine rings is 1. The van der Waals surface area contributed by atoms with E-state index in [1.54, 1.807) is 6.20 Å². The predicted molar refractivity (Wildman–Crippen MR) is 64.3 cm³/mol. The summed E-state index contributed by atoms with van der Waals surface area (Å²) in [4.78, 5) is 6.62. The lowest BCUT2D eigenvalue weighted by molar-refractivity contribution is 0.153. The van der Waals surface area contributed by atoms with Crippen LogP contribution in [0.3, 0.4) is 0 Å². The van der Waals surface area contributed by atoms with Crippen molar-refractivity contribution in [3.05, 3.63) is 23.9 Å². The molecule has 88 valence electrons. The molecule has 1 fully saturated rings. The molecule has 1 aliphatic heterocycles. The molecule has 2 heterocycles. The monoisotopic (exact) mass is 221 g/mol. The van der Waals surface area contributed by atoms with Crippen LogP contribution in [0.25, 0.3) is 0 Å². The molecule has 0 radical (unpaired) electrons. The van der Waals surface area contributed by atoms with E-state index in [0.717, 1.165) is 25.3 Å². The summed E-state index contributed by atoms with van der Waals surface area (Å²) in [5.74, 6) is 0.936. The normalized spacial score (nSPS) is 21.2. The molecule has 1 aliphatic rings. The van der Waals surface area contributed by atoms with Crippen LogP contribution in [0.15, 0.2) is 18.3 Å². The molecule has 0 saturated carbocycles. The largest absolute Gasteiger partial charge is 0.395 e. The van der Waals surface area contributed by atoms with E-state index in [2.05, 4.69) is 21.3 Å². The lowest BCUT2D eigenvalue weighted by Crippen LogP contribution is -2.31. The van der Waals surface area contributed by atoms with Gasteiger partial charge in [0.25, 0.3) is 0 Å². The van der Waals surface area contributed by atoms with E-state index < -0.39 is 0 Å². The van der Waals surface area contributed by atoms with Crippen LogP contribution in [-0.4, -0.2) is 41.2 Å². The minimum atomic E-state index is 0.259. The van der Waals surface area contributed by atoms with Crippen LogP contribution in [0, 0.1) is 0 Å². The maximum atomic E-state index is 9.27. The molecule has 0 aromatic carbocycles. The summed E-state index contributed by atoms with van der Waals surface area (Å²) in [6, 6.07) is 4.37. The third-order valence-electron chi connectivity index (χ3n) is 3.21. The lowest BCUT2D eigenvalue weighted by Gasteiger charge is -2.23. The molecule has 2 rings (SSSR count). The minimum Gasteiger partial charge on any atom is -0.395 e. The van der Waals surface area contributed by atoms with Gasteiger partial charge in [-0.05, 0) is 25.5 Å². The zero-order valence-electron chi connectivity index (χ0n) is 9.69. The molecule has 0 spiro atoms. The molecule has 0 amide bonds. The molecule has 0 aliphatic carbocycles. The number of anilines is 1. The topological polar surface area (TPSA) is 48.4 Å². The van der Waals surface area contributed by atoms with Gasteiger partial charge in [0.2, 0.25) is 0 Å². The Hall–Kier alpha value is -1.13. The fourth-order valence-corrected chi connectivity index (χ4v) is 2.32. The molecule has 1 atom stereocenters. The second kappa shape index (κ2) is 5.27. The van der Waals surface area contributed by atoms with Crippen molar-refractivity contribution in [3.63, 3.8) is 0 Å². The van der Waals surface area contributed by atoms with Crippen molar-refractivity contribution < 1.29 is 5.11 Å². The van der Waals surface area contributed by atoms with Gasteiger partial charge in [-0.3, -0.25) is 4.90 Å². The highest BCUT2D eigenvalue weighted by Gasteiger charge is 2.24. The summed E-state index contributed by atoms with van der Waals surface area (Å²) >= 11 is 0. The molecule has 16 heavy (non-hydrogen) atoms. The van der Waals surface area contributed by atoms with E-state index in [0.29, 0.717) is 6.04 Å². The Morgan fingerprint density at radius 3 is 3.25 bits per heavy atom. The Balaban J connectivity index is 2.08. The van der Waals surface area contributed by atoms with Crippen LogP contribution in [0.2, 0.25) is 0 Å². The van der Waals surface area contributed by atoms with Crippen LogP contribution in [-0.2, 0) is 6.54 Å². The zero-order chi connectivity index (χ0) is 11.4. The Labute approximate surface area is 96.3 Å². The van der Waals surface area contributed by atoms with Crippen molar-refractivity contribution in [1.82, 2.24) is 9.88 Å². The van der Waals surface area contributed by atoms with Gasteiger partial charge >= 0.3 is 0 Å². The first-order chi connectivity index (χ1) is 7.85. The molecular weight excluding hydrogens is 202 g/mol. The third-order valence-corrected chi connectivity index (χ3v) is 3.21. The first-order valence-corrected chi connectivity index (χ1v) is 5.81. The van der Waals surface area contributed by atoms with Gasteiger partial charge in [0.1, 0.15) is 5.82 Å². The fourth-order valence-electron chi connectivity index (χ4n) is 2.32. The van der Waals surface area contributed by atoms with Gasteiger partial charge in [0.15, 0.2) is 0 Å². The SMILES string of the molecule is CNc1ncccc1CN1CCCC1CO. The second-order valence-electron chi connectivity index (χ2n) is 4.21. The number of likely N-dealkylation sites (tertiary alicyclic amines) is 1. The summed E-state index contributed by atoms with van der Waals surface area (Å²) in [6.07, 6.45) is 4.08. The van der Waals surface area contributed by atoms with E-state index in [4.69, 9.17) is 0 Å². The lowest BCUT2D eigenvalue weighted by atomic mass is 10.2. The van der Waals surface area contributed by atoms with Gasteiger partial charge < -0.3 is 10.4 Å². The second-order valence-corrected chi connectivity index (χ2v) is 4.21. The van der Waals surface area contributed by atoms with Gasteiger partial charge in [0, 0.05) is 31.4 Å². The van der Waals surface area contributed by atoms with Crippen molar-refractivity contribution in [1.29, 1.82) is 0 Å². The number of hydrogen-bond acceptors (Lipinski definition) is 4. The Morgan fingerprint density at radius 2 is 2.50 bits per heavy atom. The first-order valence-electron chi connectivity index (χ1n) is 5.81. The maximum Gasteiger partial charge on any atom is 0.130 e. The summed E-state index contributed by atoms with van der Waals surface area (Å²) in [5.41, 5.74) is 1.20. The predicted octanol–water partition coefficient (Wildman–Crippen LogP) is 1.08. The summed E-state index contributed by atoms with van der Waals surface area (Å²) in [6.45, 7) is 2.20. The van der Waals surface area contributed by atoms with E-state index >= 15 is 0 Å². The molecule has 0 bridgehead atoms. The average Bonchev–Trinajstić information content (AvgIpc) is 2.77. The molecule has 1 saturated heterocycles. The molecule has 2 N–H and O–H groups in total. The van der Waals surface area contributed by atoms with Gasteiger partial charge in [-0.25, -0.2) is 4.98 Å². The van der Waals surface area contributed by atoms with Gasteiger partial charge in [0.05, 0.1) is 6.61 Å². The number of rotatable bonds is 4. The number of aliphatic hydroxyl groups excluding tert-OH is 1. The minimum absolute atomic E-state index is 0.259. The standard InChI is InChI=1S/C12H19N3O/c1-13-12-10(4-2-6-14-12)8-15-7-3-5-11(15)9-16/h2,4,6,11,16H,3,5,7-9H2,1H3,(H,13,14). The van der Waals surface area contributed by atoms with E-state index in [1.807, 2.05) is 13.1 Å². The van der Waals surface area contributed by atoms with Crippen molar-refractivity contribution in [2.75, 3.05) is 25.5 Å². The maximum absolute atomic E-state index is 9.27. The quantitative estimate of drug-likeness (QED) is 0.799. The molecule has 1 aromatic heterocycles. The molecule has 4 heteroatoms. The highest BCUT2D eigenvalue weighted by molar-refractivity contribution is 5.42. The smallest absolute Gasteiger partial charge is 0.130 e. The average molecular weight is 221 g/mol. The first kappa shape index (κ1) is 11.4. The Kier molecular flexibility index (Phi) is 3.74. The van der Waals surface area contributed by atoms with Crippen LogP contribution in [0.1, 0.15) is 18.4 Å². The van der Waals surface area contributed by atoms with Crippen molar-refractivity contribution >= 4 is 5.82 Å². The molecule has 1 aromatic rings. The Morgan fingerprint density at radius 1 is 1.62 bits per heavy atom. The van der Waals surface area contributed by atoms with Crippen molar-refractivity contribution in [3.8, 4) is 0 Å². The summed E-state index contributed by atoms with van der Waals surface area (Å²) in [7, 11) is 1.89. The number of hydrogen-bond donors (Lipinski definition) is 2. The van der Waals surface area contributed by atoms with Gasteiger partial charge in [-0.2, -0.15) is 0 Å². The number of nitrogens with one attached hydrogen (secondary N) is 1. The summed E-state index contributed by atoms with van der Waals surface area (Å²) < 4.78 is 0. The zero-order valence-corrected chi connectivity index (χ0v) is 9.69. The van der Waals surface area contributed by atoms with Gasteiger partial charge in [-0.1, -0.05) is 6.07 Å². The van der Waals surface area contributed by atoms with E-state index in [-0.39, 0.29) is 6.61 Å². The molecule has 4 nitrogen and oxygen atoms in total. The van der Waals surface area contributed by atoms with E-state index in [1.165, 1.54) is 12.0 Å². The molecule has 1 unspecified atom stereocenters. The number of aromatic nitrogens is 1. The fraction of sp³-hybridized carbons (Fsp3) is 0.583. The van der Waals surface area contributed by atoms with Crippen molar-refractivity contribution in [2.45, 2.75) is 25.4 Å². The van der Waals surface area contributed by atoms with Crippen LogP contribution in [0.5, 0.6) is 0 Å². The van der Waals surface area contributed by atoms with E-state index in [9.17, 15) is 5.11 Å². The van der Waals surface area contributed by atoms with Crippen LogP contribution >= 0.6 is 0 Å². The third kappa shape index (κ3) is 2.33. The van der Waals surface area contributed by atoms with Crippen molar-refractivity contribution in [2.24, 2.45) is 0 Å². The number of nitrogens with zero attached hydrogens (tertiary/aromatic N) is 2. The summed E-state index contributed by atoms with van der Waals surface area (Å²) in [5, 5.41) is 12.4.